The molecule has 2 aliphatic rings. The molecule has 1 saturated carbocycles. The van der Waals surface area contributed by atoms with Crippen LogP contribution in [0.3, 0.4) is 0 Å². The first-order valence-corrected chi connectivity index (χ1v) is 12.6. The van der Waals surface area contributed by atoms with Crippen molar-refractivity contribution in [1.29, 1.82) is 0 Å². The summed E-state index contributed by atoms with van der Waals surface area (Å²) in [6.45, 7) is 2.65. The third-order valence-electron chi connectivity index (χ3n) is 7.66. The molecule has 3 aromatic rings. The number of para-hydroxylation sites is 1. The van der Waals surface area contributed by atoms with Gasteiger partial charge in [0.25, 0.3) is 0 Å². The third-order valence-corrected chi connectivity index (χ3v) is 7.66. The highest BCUT2D eigenvalue weighted by Gasteiger charge is 2.30. The summed E-state index contributed by atoms with van der Waals surface area (Å²) < 4.78 is 2.04. The Balaban J connectivity index is 1.20. The number of piperidine rings is 1. The average Bonchev–Trinajstić information content (AvgIpc) is 3.39. The highest BCUT2D eigenvalue weighted by Crippen LogP contribution is 2.34. The molecule has 1 aromatic carbocycles. The quantitative estimate of drug-likeness (QED) is 0.408. The smallest absolute Gasteiger partial charge is 0.404 e. The van der Waals surface area contributed by atoms with E-state index >= 15 is 0 Å². The van der Waals surface area contributed by atoms with Crippen LogP contribution in [-0.2, 0) is 0 Å². The summed E-state index contributed by atoms with van der Waals surface area (Å²) in [5, 5.41) is 34.5. The molecule has 0 spiro atoms. The number of phenols is 1. The summed E-state index contributed by atoms with van der Waals surface area (Å²) in [4.78, 5) is 13.3. The maximum absolute atomic E-state index is 10.7. The number of carbonyl (C=O) groups is 1. The molecule has 1 aliphatic heterocycles. The molecule has 3 heterocycles. The van der Waals surface area contributed by atoms with Gasteiger partial charge >= 0.3 is 6.09 Å². The SMILES string of the molecule is Nc1nnc(-c2ccccc2O)cc1-c1cnn(C2CCN(C3CCC(CNC(=O)O)CC3)CC2)c1. The van der Waals surface area contributed by atoms with Gasteiger partial charge in [-0.15, -0.1) is 10.2 Å². The summed E-state index contributed by atoms with van der Waals surface area (Å²) in [5.41, 5.74) is 8.96. The second-order valence-electron chi connectivity index (χ2n) is 9.88. The van der Waals surface area contributed by atoms with E-state index in [4.69, 9.17) is 10.8 Å². The molecule has 0 radical (unpaired) electrons. The number of likely N-dealkylation sites (tertiary alicyclic amines) is 1. The standard InChI is InChI=1S/C26H33N7O3/c27-25-22(13-23(30-31-25)21-3-1-2-4-24(21)34)18-15-29-33(16-18)20-9-11-32(12-10-20)19-7-5-17(6-8-19)14-28-26(35)36/h1-4,13,15-17,19-20,28,34H,5-12,14H2,(H2,27,31)(H,35,36). The Morgan fingerprint density at radius 3 is 2.50 bits per heavy atom. The van der Waals surface area contributed by atoms with Crippen molar-refractivity contribution in [2.75, 3.05) is 25.4 Å². The highest BCUT2D eigenvalue weighted by molar-refractivity contribution is 5.78. The molecule has 10 nitrogen and oxygen atoms in total. The fourth-order valence-electron chi connectivity index (χ4n) is 5.59. The summed E-state index contributed by atoms with van der Waals surface area (Å²) in [5.74, 6) is 0.937. The number of amides is 1. The lowest BCUT2D eigenvalue weighted by Gasteiger charge is -2.40. The minimum absolute atomic E-state index is 0.149. The van der Waals surface area contributed by atoms with Crippen molar-refractivity contribution >= 4 is 11.9 Å². The number of benzene rings is 1. The van der Waals surface area contributed by atoms with Crippen LogP contribution in [0.5, 0.6) is 5.75 Å². The number of nitrogens with zero attached hydrogens (tertiary/aromatic N) is 5. The number of carboxylic acid groups (broad SMARTS) is 1. The van der Waals surface area contributed by atoms with Crippen molar-refractivity contribution in [3.05, 3.63) is 42.7 Å². The van der Waals surface area contributed by atoms with Gasteiger partial charge in [0.05, 0.1) is 17.9 Å². The first kappa shape index (κ1) is 24.1. The van der Waals surface area contributed by atoms with Crippen LogP contribution in [0.2, 0.25) is 0 Å². The largest absolute Gasteiger partial charge is 0.507 e. The topological polar surface area (TPSA) is 142 Å². The van der Waals surface area contributed by atoms with Crippen LogP contribution in [0.15, 0.2) is 42.7 Å². The number of aromatic nitrogens is 4. The number of hydrogen-bond acceptors (Lipinski definition) is 7. The van der Waals surface area contributed by atoms with Crippen LogP contribution in [0.25, 0.3) is 22.4 Å². The summed E-state index contributed by atoms with van der Waals surface area (Å²) in [7, 11) is 0. The number of nitrogen functional groups attached to an aromatic ring is 1. The Morgan fingerprint density at radius 1 is 1.03 bits per heavy atom. The normalized spacial score (nSPS) is 21.3. The maximum Gasteiger partial charge on any atom is 0.404 e. The lowest BCUT2D eigenvalue weighted by Crippen LogP contribution is -2.44. The van der Waals surface area contributed by atoms with Crippen LogP contribution in [0, 0.1) is 5.92 Å². The number of aromatic hydroxyl groups is 1. The molecular weight excluding hydrogens is 458 g/mol. The Labute approximate surface area is 210 Å². The van der Waals surface area contributed by atoms with Gasteiger partial charge in [0.2, 0.25) is 0 Å². The van der Waals surface area contributed by atoms with Gasteiger partial charge < -0.3 is 26.2 Å². The zero-order valence-corrected chi connectivity index (χ0v) is 20.3. The molecule has 1 aliphatic carbocycles. The number of anilines is 1. The van der Waals surface area contributed by atoms with E-state index in [1.807, 2.05) is 29.2 Å². The number of nitrogens with two attached hydrogens (primary N) is 1. The van der Waals surface area contributed by atoms with Gasteiger partial charge in [-0.05, 0) is 62.6 Å². The van der Waals surface area contributed by atoms with E-state index in [9.17, 15) is 9.90 Å². The monoisotopic (exact) mass is 491 g/mol. The zero-order chi connectivity index (χ0) is 25.1. The third kappa shape index (κ3) is 5.28. The molecule has 5 N–H and O–H groups in total. The lowest BCUT2D eigenvalue weighted by molar-refractivity contribution is 0.0934. The van der Waals surface area contributed by atoms with Crippen LogP contribution in [-0.4, -0.2) is 66.9 Å². The van der Waals surface area contributed by atoms with Crippen LogP contribution in [0.4, 0.5) is 10.6 Å². The van der Waals surface area contributed by atoms with Crippen molar-refractivity contribution < 1.29 is 15.0 Å². The van der Waals surface area contributed by atoms with Gasteiger partial charge in [0.1, 0.15) is 5.75 Å². The fourth-order valence-corrected chi connectivity index (χ4v) is 5.59. The number of nitrogens with one attached hydrogen (secondary N) is 1. The minimum atomic E-state index is -0.931. The first-order valence-electron chi connectivity index (χ1n) is 12.6. The molecule has 5 rings (SSSR count). The second-order valence-corrected chi connectivity index (χ2v) is 9.88. The highest BCUT2D eigenvalue weighted by atomic mass is 16.4. The molecule has 0 atom stereocenters. The Morgan fingerprint density at radius 2 is 1.78 bits per heavy atom. The predicted molar refractivity (Wildman–Crippen MR) is 136 cm³/mol. The van der Waals surface area contributed by atoms with E-state index in [0.717, 1.165) is 62.7 Å². The second kappa shape index (κ2) is 10.5. The lowest BCUT2D eigenvalue weighted by atomic mass is 9.84. The van der Waals surface area contributed by atoms with Crippen molar-refractivity contribution in [3.63, 3.8) is 0 Å². The minimum Gasteiger partial charge on any atom is -0.507 e. The fraction of sp³-hybridized carbons (Fsp3) is 0.462. The molecular formula is C26H33N7O3. The maximum atomic E-state index is 10.7. The van der Waals surface area contributed by atoms with Gasteiger partial charge in [0, 0.05) is 48.6 Å². The molecule has 1 amide bonds. The molecule has 2 fully saturated rings. The van der Waals surface area contributed by atoms with E-state index < -0.39 is 6.09 Å². The van der Waals surface area contributed by atoms with E-state index in [0.29, 0.717) is 41.6 Å². The average molecular weight is 492 g/mol. The van der Waals surface area contributed by atoms with Crippen molar-refractivity contribution in [3.8, 4) is 28.1 Å². The Hall–Kier alpha value is -3.66. The number of rotatable bonds is 6. The van der Waals surface area contributed by atoms with Gasteiger partial charge in [-0.1, -0.05) is 12.1 Å². The van der Waals surface area contributed by atoms with Crippen LogP contribution < -0.4 is 11.1 Å². The van der Waals surface area contributed by atoms with E-state index in [1.54, 1.807) is 18.2 Å². The van der Waals surface area contributed by atoms with Gasteiger partial charge in [-0.25, -0.2) is 4.79 Å². The molecule has 0 unspecified atom stereocenters. The van der Waals surface area contributed by atoms with Gasteiger partial charge in [0.15, 0.2) is 5.82 Å². The van der Waals surface area contributed by atoms with Crippen LogP contribution >= 0.6 is 0 Å². The molecule has 1 saturated heterocycles. The van der Waals surface area contributed by atoms with Crippen molar-refractivity contribution in [2.24, 2.45) is 5.92 Å². The summed E-state index contributed by atoms with van der Waals surface area (Å²) in [6.07, 6.45) is 9.43. The Kier molecular flexibility index (Phi) is 7.04. The van der Waals surface area contributed by atoms with E-state index in [-0.39, 0.29) is 5.75 Å². The van der Waals surface area contributed by atoms with Crippen molar-refractivity contribution in [2.45, 2.75) is 50.6 Å². The molecule has 2 aromatic heterocycles. The number of hydrogen-bond donors (Lipinski definition) is 4. The van der Waals surface area contributed by atoms with E-state index in [2.05, 4.69) is 25.5 Å². The van der Waals surface area contributed by atoms with Crippen molar-refractivity contribution in [1.82, 2.24) is 30.2 Å². The summed E-state index contributed by atoms with van der Waals surface area (Å²) >= 11 is 0. The van der Waals surface area contributed by atoms with Gasteiger partial charge in [-0.2, -0.15) is 5.10 Å². The predicted octanol–water partition coefficient (Wildman–Crippen LogP) is 3.76. The first-order chi connectivity index (χ1) is 17.5. The molecule has 36 heavy (non-hydrogen) atoms. The molecule has 190 valence electrons. The van der Waals surface area contributed by atoms with E-state index in [1.165, 1.54) is 0 Å². The zero-order valence-electron chi connectivity index (χ0n) is 20.3. The van der Waals surface area contributed by atoms with Crippen LogP contribution in [0.1, 0.15) is 44.6 Å². The number of phenolic OH excluding ortho intramolecular Hbond substituents is 1. The molecule has 10 heteroatoms. The summed E-state index contributed by atoms with van der Waals surface area (Å²) in [6, 6.07) is 9.82. The molecule has 0 bridgehead atoms. The van der Waals surface area contributed by atoms with Gasteiger partial charge in [-0.3, -0.25) is 4.68 Å². The Bertz CT molecular complexity index is 1200.